The molecule has 1 fully saturated rings. The molecule has 0 heterocycles. The summed E-state index contributed by atoms with van der Waals surface area (Å²) in [5.41, 5.74) is 0.956. The minimum absolute atomic E-state index is 0.000647. The molecule has 2 rings (SSSR count). The number of benzene rings is 1. The summed E-state index contributed by atoms with van der Waals surface area (Å²) in [5, 5.41) is 12.4. The lowest BCUT2D eigenvalue weighted by molar-refractivity contribution is 0.199. The molecule has 0 unspecified atom stereocenters. The fourth-order valence-corrected chi connectivity index (χ4v) is 4.43. The Morgan fingerprint density at radius 3 is 2.61 bits per heavy atom. The quantitative estimate of drug-likeness (QED) is 0.867. The predicted molar refractivity (Wildman–Crippen MR) is 92.8 cm³/mol. The number of carbonyl (C=O) groups excluding carboxylic acids is 1. The van der Waals surface area contributed by atoms with Crippen molar-refractivity contribution in [3.8, 4) is 5.75 Å². The molecule has 0 radical (unpaired) electrons. The number of hydrogen-bond donors (Lipinski definition) is 2. The lowest BCUT2D eigenvalue weighted by Crippen LogP contribution is -2.50. The Balaban J connectivity index is 1.93. The summed E-state index contributed by atoms with van der Waals surface area (Å²) in [7, 11) is 0.872. The number of hydrogen-bond acceptors (Lipinski definition) is 3. The standard InChI is InChI=1S/C17H26N2O3S/c1-3-23(22)16-7-5-4-6-15(16)18-17(21)19(2)12-13-8-10-14(20)11-9-13/h8-11,15-16,20H,3-7,12H2,1-2H3,(H,18,21)/t15-,16-,23+/m1/s1. The number of phenolic OH excluding ortho intramolecular Hbond substituents is 1. The maximum Gasteiger partial charge on any atom is 0.317 e. The molecule has 0 aromatic heterocycles. The second-order valence-corrected chi connectivity index (χ2v) is 8.02. The second kappa shape index (κ2) is 8.34. The molecule has 6 heteroatoms. The van der Waals surface area contributed by atoms with E-state index in [1.54, 1.807) is 36.2 Å². The fourth-order valence-electron chi connectivity index (χ4n) is 3.01. The third-order valence-corrected chi connectivity index (χ3v) is 6.15. The highest BCUT2D eigenvalue weighted by Crippen LogP contribution is 2.23. The van der Waals surface area contributed by atoms with Crippen molar-refractivity contribution in [2.24, 2.45) is 0 Å². The molecule has 128 valence electrons. The average Bonchev–Trinajstić information content (AvgIpc) is 2.56. The van der Waals surface area contributed by atoms with Gasteiger partial charge < -0.3 is 15.3 Å². The van der Waals surface area contributed by atoms with Gasteiger partial charge in [0.2, 0.25) is 0 Å². The van der Waals surface area contributed by atoms with Gasteiger partial charge in [-0.1, -0.05) is 31.9 Å². The van der Waals surface area contributed by atoms with Crippen LogP contribution in [-0.2, 0) is 17.3 Å². The normalized spacial score (nSPS) is 22.3. The summed E-state index contributed by atoms with van der Waals surface area (Å²) < 4.78 is 12.2. The molecule has 0 aliphatic heterocycles. The molecule has 1 saturated carbocycles. The number of urea groups is 1. The Labute approximate surface area is 140 Å². The highest BCUT2D eigenvalue weighted by Gasteiger charge is 2.30. The fraction of sp³-hybridized carbons (Fsp3) is 0.588. The molecular weight excluding hydrogens is 312 g/mol. The number of amides is 2. The summed E-state index contributed by atoms with van der Waals surface area (Å²) in [5.74, 6) is 0.855. The third-order valence-electron chi connectivity index (χ3n) is 4.34. The molecule has 3 atom stereocenters. The molecule has 1 aliphatic rings. The van der Waals surface area contributed by atoms with Crippen LogP contribution in [0.4, 0.5) is 4.79 Å². The van der Waals surface area contributed by atoms with E-state index in [2.05, 4.69) is 5.32 Å². The first kappa shape index (κ1) is 17.8. The molecule has 1 aromatic rings. The third kappa shape index (κ3) is 4.96. The number of carbonyl (C=O) groups is 1. The van der Waals surface area contributed by atoms with Gasteiger partial charge in [-0.15, -0.1) is 0 Å². The highest BCUT2D eigenvalue weighted by molar-refractivity contribution is 7.85. The van der Waals surface area contributed by atoms with Crippen LogP contribution in [0.25, 0.3) is 0 Å². The molecule has 2 N–H and O–H groups in total. The van der Waals surface area contributed by atoms with Crippen LogP contribution in [0, 0.1) is 0 Å². The first-order valence-electron chi connectivity index (χ1n) is 8.18. The predicted octanol–water partition coefficient (Wildman–Crippen LogP) is 2.61. The Morgan fingerprint density at radius 2 is 1.96 bits per heavy atom. The van der Waals surface area contributed by atoms with Crippen molar-refractivity contribution in [3.05, 3.63) is 29.8 Å². The maximum absolute atomic E-state index is 12.4. The van der Waals surface area contributed by atoms with E-state index in [1.165, 1.54) is 0 Å². The molecule has 0 bridgehead atoms. The van der Waals surface area contributed by atoms with E-state index in [0.717, 1.165) is 31.2 Å². The zero-order chi connectivity index (χ0) is 16.8. The van der Waals surface area contributed by atoms with Gasteiger partial charge in [0.25, 0.3) is 0 Å². The van der Waals surface area contributed by atoms with Crippen molar-refractivity contribution < 1.29 is 14.1 Å². The summed E-state index contributed by atoms with van der Waals surface area (Å²) in [6.45, 7) is 2.40. The van der Waals surface area contributed by atoms with E-state index in [0.29, 0.717) is 12.3 Å². The van der Waals surface area contributed by atoms with Gasteiger partial charge in [0.05, 0.1) is 5.25 Å². The second-order valence-electron chi connectivity index (χ2n) is 6.07. The van der Waals surface area contributed by atoms with Gasteiger partial charge >= 0.3 is 6.03 Å². The van der Waals surface area contributed by atoms with Crippen molar-refractivity contribution >= 4 is 16.8 Å². The number of rotatable bonds is 5. The molecular formula is C17H26N2O3S. The summed E-state index contributed by atoms with van der Waals surface area (Å²) in [6, 6.07) is 6.69. The Hall–Kier alpha value is -1.56. The SMILES string of the molecule is CC[S@](=O)[C@@H]1CCCC[C@H]1NC(=O)N(C)Cc1ccc(O)cc1. The van der Waals surface area contributed by atoms with E-state index in [-0.39, 0.29) is 23.1 Å². The van der Waals surface area contributed by atoms with Crippen LogP contribution in [0.15, 0.2) is 24.3 Å². The van der Waals surface area contributed by atoms with Crippen molar-refractivity contribution in [2.75, 3.05) is 12.8 Å². The lowest BCUT2D eigenvalue weighted by atomic mass is 9.95. The van der Waals surface area contributed by atoms with Gasteiger partial charge in [-0.2, -0.15) is 0 Å². The zero-order valence-corrected chi connectivity index (χ0v) is 14.6. The minimum atomic E-state index is -0.875. The van der Waals surface area contributed by atoms with Gasteiger partial charge in [0.15, 0.2) is 0 Å². The molecule has 0 spiro atoms. The Bertz CT molecular complexity index is 547. The molecule has 5 nitrogen and oxygen atoms in total. The molecule has 1 aromatic carbocycles. The molecule has 2 amide bonds. The van der Waals surface area contributed by atoms with Crippen molar-refractivity contribution in [2.45, 2.75) is 50.4 Å². The van der Waals surface area contributed by atoms with Crippen molar-refractivity contribution in [1.82, 2.24) is 10.2 Å². The summed E-state index contributed by atoms with van der Waals surface area (Å²) >= 11 is 0. The maximum atomic E-state index is 12.4. The monoisotopic (exact) mass is 338 g/mol. The van der Waals surface area contributed by atoms with Gasteiger partial charge in [-0.25, -0.2) is 4.79 Å². The number of nitrogens with zero attached hydrogens (tertiary/aromatic N) is 1. The Kier molecular flexibility index (Phi) is 6.45. The van der Waals surface area contributed by atoms with Gasteiger partial charge in [-0.3, -0.25) is 4.21 Å². The summed E-state index contributed by atoms with van der Waals surface area (Å²) in [6.07, 6.45) is 3.98. The van der Waals surface area contributed by atoms with Gasteiger partial charge in [0, 0.05) is 36.2 Å². The largest absolute Gasteiger partial charge is 0.508 e. The van der Waals surface area contributed by atoms with E-state index >= 15 is 0 Å². The molecule has 1 aliphatic carbocycles. The van der Waals surface area contributed by atoms with Gasteiger partial charge in [0.1, 0.15) is 5.75 Å². The molecule has 23 heavy (non-hydrogen) atoms. The van der Waals surface area contributed by atoms with E-state index < -0.39 is 10.8 Å². The van der Waals surface area contributed by atoms with Gasteiger partial charge in [-0.05, 0) is 30.5 Å². The average molecular weight is 338 g/mol. The smallest absolute Gasteiger partial charge is 0.317 e. The molecule has 0 saturated heterocycles. The van der Waals surface area contributed by atoms with E-state index in [4.69, 9.17) is 0 Å². The van der Waals surface area contributed by atoms with Crippen LogP contribution in [0.3, 0.4) is 0 Å². The topological polar surface area (TPSA) is 69.6 Å². The van der Waals surface area contributed by atoms with Crippen LogP contribution >= 0.6 is 0 Å². The number of phenols is 1. The van der Waals surface area contributed by atoms with Crippen LogP contribution in [-0.4, -0.2) is 44.3 Å². The zero-order valence-electron chi connectivity index (χ0n) is 13.8. The van der Waals surface area contributed by atoms with E-state index in [9.17, 15) is 14.1 Å². The van der Waals surface area contributed by atoms with Crippen LogP contribution in [0.2, 0.25) is 0 Å². The number of nitrogens with one attached hydrogen (secondary N) is 1. The lowest BCUT2D eigenvalue weighted by Gasteiger charge is -2.32. The first-order valence-corrected chi connectivity index (χ1v) is 9.56. The van der Waals surface area contributed by atoms with Crippen LogP contribution in [0.5, 0.6) is 5.75 Å². The van der Waals surface area contributed by atoms with Crippen LogP contribution in [0.1, 0.15) is 38.2 Å². The van der Waals surface area contributed by atoms with Crippen molar-refractivity contribution in [1.29, 1.82) is 0 Å². The first-order chi connectivity index (χ1) is 11.0. The van der Waals surface area contributed by atoms with E-state index in [1.807, 2.05) is 6.92 Å². The highest BCUT2D eigenvalue weighted by atomic mass is 32.2. The summed E-state index contributed by atoms with van der Waals surface area (Å²) in [4.78, 5) is 14.0. The number of aromatic hydroxyl groups is 1. The minimum Gasteiger partial charge on any atom is -0.508 e. The Morgan fingerprint density at radius 1 is 1.30 bits per heavy atom. The van der Waals surface area contributed by atoms with Crippen molar-refractivity contribution in [3.63, 3.8) is 0 Å². The van der Waals surface area contributed by atoms with Crippen LogP contribution < -0.4 is 5.32 Å².